The van der Waals surface area contributed by atoms with Crippen LogP contribution in [0.25, 0.3) is 20.3 Å². The molecule has 0 amide bonds. The zero-order valence-corrected chi connectivity index (χ0v) is 12.5. The van der Waals surface area contributed by atoms with Gasteiger partial charge >= 0.3 is 5.97 Å². The van der Waals surface area contributed by atoms with Crippen molar-refractivity contribution in [3.8, 4) is 0 Å². The van der Waals surface area contributed by atoms with Gasteiger partial charge in [-0.25, -0.2) is 9.78 Å². The average Bonchev–Trinajstić information content (AvgIpc) is 3.14. The average molecular weight is 313 g/mol. The lowest BCUT2D eigenvalue weighted by atomic mass is 10.2. The van der Waals surface area contributed by atoms with Crippen molar-refractivity contribution >= 4 is 48.9 Å². The topological polar surface area (TPSA) is 50.2 Å². The summed E-state index contributed by atoms with van der Waals surface area (Å²) in [5.74, 6) is -0.854. The van der Waals surface area contributed by atoms with E-state index in [1.807, 2.05) is 48.0 Å². The predicted octanol–water partition coefficient (Wildman–Crippen LogP) is 4.90. The lowest BCUT2D eigenvalue weighted by Gasteiger charge is -1.89. The fourth-order valence-electron chi connectivity index (χ4n) is 1.95. The number of carboxylic acids is 1. The van der Waals surface area contributed by atoms with Gasteiger partial charge in [0.2, 0.25) is 0 Å². The number of nitrogens with zero attached hydrogens (tertiary/aromatic N) is 1. The number of thiophene rings is 1. The van der Waals surface area contributed by atoms with Crippen LogP contribution in [0.3, 0.4) is 0 Å². The van der Waals surface area contributed by atoms with Crippen LogP contribution < -0.4 is 0 Å². The molecule has 0 unspecified atom stereocenters. The molecule has 0 aliphatic heterocycles. The van der Waals surface area contributed by atoms with Gasteiger partial charge in [0.25, 0.3) is 0 Å². The molecule has 0 aliphatic carbocycles. The Bertz CT molecular complexity index is 865. The molecule has 3 nitrogen and oxygen atoms in total. The number of carboxylic acid groups (broad SMARTS) is 1. The number of thiazole rings is 1. The maximum Gasteiger partial charge on any atom is 0.337 e. The fourth-order valence-corrected chi connectivity index (χ4v) is 3.56. The van der Waals surface area contributed by atoms with E-state index in [0.29, 0.717) is 5.56 Å². The minimum absolute atomic E-state index is 0.399. The first-order valence-electron chi connectivity index (χ1n) is 6.23. The van der Waals surface area contributed by atoms with Gasteiger partial charge in [0, 0.05) is 15.5 Å². The summed E-state index contributed by atoms with van der Waals surface area (Å²) in [5.41, 5.74) is 3.36. The Morgan fingerprint density at radius 2 is 1.67 bits per heavy atom. The van der Waals surface area contributed by atoms with E-state index >= 15 is 0 Å². The Morgan fingerprint density at radius 1 is 0.952 bits per heavy atom. The number of aromatic carboxylic acids is 1. The third kappa shape index (κ3) is 2.94. The van der Waals surface area contributed by atoms with Gasteiger partial charge in [-0.3, -0.25) is 0 Å². The third-order valence-electron chi connectivity index (χ3n) is 2.95. The molecule has 0 fully saturated rings. The highest BCUT2D eigenvalue weighted by molar-refractivity contribution is 7.17. The molecular weight excluding hydrogens is 302 g/mol. The van der Waals surface area contributed by atoms with Gasteiger partial charge in [-0.2, -0.15) is 0 Å². The van der Waals surface area contributed by atoms with Crippen LogP contribution in [-0.2, 0) is 0 Å². The summed E-state index contributed by atoms with van der Waals surface area (Å²) in [5, 5.41) is 11.3. The molecule has 21 heavy (non-hydrogen) atoms. The van der Waals surface area contributed by atoms with Gasteiger partial charge in [-0.1, -0.05) is 30.3 Å². The number of para-hydroxylation sites is 1. The molecule has 104 valence electrons. The van der Waals surface area contributed by atoms with Crippen LogP contribution in [0.4, 0.5) is 0 Å². The zero-order valence-electron chi connectivity index (χ0n) is 10.9. The van der Waals surface area contributed by atoms with E-state index in [9.17, 15) is 4.79 Å². The Balaban J connectivity index is 0.000000131. The second-order valence-electron chi connectivity index (χ2n) is 4.27. The van der Waals surface area contributed by atoms with Crippen LogP contribution in [0.2, 0.25) is 0 Å². The molecule has 0 saturated carbocycles. The normalized spacial score (nSPS) is 10.3. The monoisotopic (exact) mass is 313 g/mol. The number of aromatic nitrogens is 1. The molecule has 0 atom stereocenters. The summed E-state index contributed by atoms with van der Waals surface area (Å²) < 4.78 is 2.28. The summed E-state index contributed by atoms with van der Waals surface area (Å²) in [4.78, 5) is 14.8. The molecule has 0 aliphatic rings. The van der Waals surface area contributed by atoms with E-state index in [1.54, 1.807) is 16.7 Å². The van der Waals surface area contributed by atoms with Crippen LogP contribution >= 0.6 is 22.7 Å². The van der Waals surface area contributed by atoms with Crippen LogP contribution in [0, 0.1) is 0 Å². The summed E-state index contributed by atoms with van der Waals surface area (Å²) in [7, 11) is 0. The number of benzene rings is 2. The maximum absolute atomic E-state index is 10.7. The molecule has 0 saturated heterocycles. The zero-order chi connectivity index (χ0) is 14.7. The molecule has 2 aromatic heterocycles. The van der Waals surface area contributed by atoms with Gasteiger partial charge in [0.1, 0.15) is 0 Å². The van der Waals surface area contributed by atoms with Crippen molar-refractivity contribution in [2.24, 2.45) is 0 Å². The van der Waals surface area contributed by atoms with E-state index < -0.39 is 5.97 Å². The first-order chi connectivity index (χ1) is 10.3. The molecular formula is C16H11NO2S2. The van der Waals surface area contributed by atoms with Crippen LogP contribution in [0.5, 0.6) is 0 Å². The SMILES string of the molecule is O=C(O)c1csc2ccccc12.c1ccc2scnc2c1. The third-order valence-corrected chi connectivity index (χ3v) is 4.72. The van der Waals surface area contributed by atoms with Crippen LogP contribution in [-0.4, -0.2) is 16.1 Å². The van der Waals surface area contributed by atoms with Gasteiger partial charge in [0.15, 0.2) is 0 Å². The highest BCUT2D eigenvalue weighted by atomic mass is 32.1. The molecule has 0 spiro atoms. The number of rotatable bonds is 1. The van der Waals surface area contributed by atoms with Gasteiger partial charge in [-0.15, -0.1) is 22.7 Å². The Labute approximate surface area is 129 Å². The minimum Gasteiger partial charge on any atom is -0.478 e. The van der Waals surface area contributed by atoms with E-state index in [-0.39, 0.29) is 0 Å². The first kappa shape index (κ1) is 13.7. The summed E-state index contributed by atoms with van der Waals surface area (Å²) >= 11 is 3.14. The van der Waals surface area contributed by atoms with E-state index in [0.717, 1.165) is 15.6 Å². The van der Waals surface area contributed by atoms with Crippen molar-refractivity contribution in [2.75, 3.05) is 0 Å². The molecule has 2 aromatic carbocycles. The molecule has 5 heteroatoms. The van der Waals surface area contributed by atoms with Crippen LogP contribution in [0.15, 0.2) is 59.4 Å². The van der Waals surface area contributed by atoms with Gasteiger partial charge < -0.3 is 5.11 Å². The summed E-state index contributed by atoms with van der Waals surface area (Å²) in [6, 6.07) is 15.6. The maximum atomic E-state index is 10.7. The van der Waals surface area contributed by atoms with E-state index in [2.05, 4.69) is 11.1 Å². The summed E-state index contributed by atoms with van der Waals surface area (Å²) in [6.45, 7) is 0. The molecule has 4 aromatic rings. The highest BCUT2D eigenvalue weighted by Crippen LogP contribution is 2.25. The second kappa shape index (κ2) is 6.03. The van der Waals surface area contributed by atoms with Crippen molar-refractivity contribution in [1.82, 2.24) is 4.98 Å². The van der Waals surface area contributed by atoms with Crippen molar-refractivity contribution in [2.45, 2.75) is 0 Å². The predicted molar refractivity (Wildman–Crippen MR) is 88.4 cm³/mol. The lowest BCUT2D eigenvalue weighted by Crippen LogP contribution is -1.92. The van der Waals surface area contributed by atoms with Crippen molar-refractivity contribution in [3.05, 3.63) is 65.0 Å². The summed E-state index contributed by atoms with van der Waals surface area (Å²) in [6.07, 6.45) is 0. The largest absolute Gasteiger partial charge is 0.478 e. The first-order valence-corrected chi connectivity index (χ1v) is 7.99. The molecule has 2 heterocycles. The number of hydrogen-bond acceptors (Lipinski definition) is 4. The number of hydrogen-bond donors (Lipinski definition) is 1. The second-order valence-corrected chi connectivity index (χ2v) is 6.07. The minimum atomic E-state index is -0.854. The fraction of sp³-hybridized carbons (Fsp3) is 0. The van der Waals surface area contributed by atoms with Gasteiger partial charge in [-0.05, 0) is 18.2 Å². The number of carbonyl (C=O) groups is 1. The smallest absolute Gasteiger partial charge is 0.337 e. The molecule has 0 radical (unpaired) electrons. The molecule has 0 bridgehead atoms. The standard InChI is InChI=1S/C9H6O2S.C7H5NS/c10-9(11)7-5-12-8-4-2-1-3-6(7)8;1-2-4-7-6(3-1)8-5-9-7/h1-5H,(H,10,11);1-5H. The van der Waals surface area contributed by atoms with Gasteiger partial charge in [0.05, 0.1) is 21.3 Å². The van der Waals surface area contributed by atoms with E-state index in [4.69, 9.17) is 5.11 Å². The molecule has 4 rings (SSSR count). The van der Waals surface area contributed by atoms with Crippen molar-refractivity contribution < 1.29 is 9.90 Å². The number of fused-ring (bicyclic) bond motifs is 2. The lowest BCUT2D eigenvalue weighted by molar-refractivity contribution is 0.0699. The highest BCUT2D eigenvalue weighted by Gasteiger charge is 2.08. The Morgan fingerprint density at radius 3 is 2.43 bits per heavy atom. The quantitative estimate of drug-likeness (QED) is 0.544. The Kier molecular flexibility index (Phi) is 3.94. The van der Waals surface area contributed by atoms with Crippen molar-refractivity contribution in [3.63, 3.8) is 0 Å². The Hall–Kier alpha value is -2.24. The van der Waals surface area contributed by atoms with Crippen molar-refractivity contribution in [1.29, 1.82) is 0 Å². The van der Waals surface area contributed by atoms with Crippen LogP contribution in [0.1, 0.15) is 10.4 Å². The van der Waals surface area contributed by atoms with E-state index in [1.165, 1.54) is 16.0 Å². The molecule has 1 N–H and O–H groups in total.